The summed E-state index contributed by atoms with van der Waals surface area (Å²) in [6.45, 7) is 2.34. The Morgan fingerprint density at radius 2 is 2.33 bits per heavy atom. The molecule has 1 heterocycles. The fourth-order valence-corrected chi connectivity index (χ4v) is 2.12. The third-order valence-electron chi connectivity index (χ3n) is 3.17. The predicted molar refractivity (Wildman–Crippen MR) is 78.5 cm³/mol. The van der Waals surface area contributed by atoms with Crippen LogP contribution in [0.4, 0.5) is 0 Å². The minimum Gasteiger partial charge on any atom is -0.497 e. The molecule has 2 rings (SSSR count). The van der Waals surface area contributed by atoms with Gasteiger partial charge < -0.3 is 19.6 Å². The largest absolute Gasteiger partial charge is 0.497 e. The van der Waals surface area contributed by atoms with Crippen LogP contribution in [0.25, 0.3) is 0 Å². The molecule has 0 saturated heterocycles. The number of methoxy groups -OCH3 is 2. The van der Waals surface area contributed by atoms with Gasteiger partial charge in [-0.25, -0.2) is 0 Å². The van der Waals surface area contributed by atoms with E-state index in [1.807, 2.05) is 31.2 Å². The van der Waals surface area contributed by atoms with Gasteiger partial charge in [0.05, 0.1) is 19.4 Å². The van der Waals surface area contributed by atoms with E-state index in [0.29, 0.717) is 13.0 Å². The van der Waals surface area contributed by atoms with Crippen molar-refractivity contribution in [1.82, 2.24) is 5.32 Å². The molecule has 21 heavy (non-hydrogen) atoms. The molecule has 0 bridgehead atoms. The fraction of sp³-hybridized carbons (Fsp3) is 0.467. The molecule has 6 heteroatoms. The lowest BCUT2D eigenvalue weighted by atomic mass is 10.0. The number of nitrogens with zero attached hydrogens (tertiary/aromatic N) is 1. The van der Waals surface area contributed by atoms with Crippen LogP contribution in [0.15, 0.2) is 29.4 Å². The second-order valence-corrected chi connectivity index (χ2v) is 4.93. The van der Waals surface area contributed by atoms with Crippen LogP contribution >= 0.6 is 0 Å². The summed E-state index contributed by atoms with van der Waals surface area (Å²) in [5, 5.41) is 6.84. The number of rotatable bonds is 6. The summed E-state index contributed by atoms with van der Waals surface area (Å²) >= 11 is 0. The number of amides is 1. The first kappa shape index (κ1) is 15.3. The molecule has 0 spiro atoms. The molecule has 114 valence electrons. The molecule has 1 aliphatic heterocycles. The first-order valence-corrected chi connectivity index (χ1v) is 6.80. The summed E-state index contributed by atoms with van der Waals surface area (Å²) < 4.78 is 10.2. The molecule has 2 unspecified atom stereocenters. The first-order valence-electron chi connectivity index (χ1n) is 6.80. The maximum absolute atomic E-state index is 12.0. The lowest BCUT2D eigenvalue weighted by molar-refractivity contribution is -0.132. The Bertz CT molecular complexity index is 530. The Morgan fingerprint density at radius 1 is 1.52 bits per heavy atom. The highest BCUT2D eigenvalue weighted by atomic mass is 16.6. The fourth-order valence-electron chi connectivity index (χ4n) is 2.12. The lowest BCUT2D eigenvalue weighted by Crippen LogP contribution is -2.42. The Balaban J connectivity index is 1.94. The van der Waals surface area contributed by atoms with E-state index < -0.39 is 6.10 Å². The maximum atomic E-state index is 12.0. The van der Waals surface area contributed by atoms with Gasteiger partial charge in [0.1, 0.15) is 5.75 Å². The molecule has 2 atom stereocenters. The molecular weight excluding hydrogens is 272 g/mol. The van der Waals surface area contributed by atoms with Crippen molar-refractivity contribution in [3.05, 3.63) is 29.8 Å². The summed E-state index contributed by atoms with van der Waals surface area (Å²) in [6, 6.07) is 7.46. The topological polar surface area (TPSA) is 69.2 Å². The van der Waals surface area contributed by atoms with Gasteiger partial charge >= 0.3 is 0 Å². The maximum Gasteiger partial charge on any atom is 0.264 e. The van der Waals surface area contributed by atoms with Crippen molar-refractivity contribution in [3.63, 3.8) is 0 Å². The van der Waals surface area contributed by atoms with Crippen LogP contribution in [0, 0.1) is 0 Å². The zero-order chi connectivity index (χ0) is 15.2. The highest BCUT2D eigenvalue weighted by molar-refractivity contribution is 6.04. The minimum atomic E-state index is -0.592. The lowest BCUT2D eigenvalue weighted by Gasteiger charge is -2.15. The molecule has 0 aromatic heterocycles. The number of nitrogens with one attached hydrogen (secondary N) is 1. The Hall–Kier alpha value is -2.08. The molecule has 0 aliphatic carbocycles. The zero-order valence-corrected chi connectivity index (χ0v) is 12.5. The minimum absolute atomic E-state index is 0.0630. The summed E-state index contributed by atoms with van der Waals surface area (Å²) in [5.74, 6) is 0.568. The highest BCUT2D eigenvalue weighted by Crippen LogP contribution is 2.20. The van der Waals surface area contributed by atoms with Crippen molar-refractivity contribution >= 4 is 11.6 Å². The quantitative estimate of drug-likeness (QED) is 0.859. The first-order chi connectivity index (χ1) is 10.1. The van der Waals surface area contributed by atoms with Gasteiger partial charge in [0, 0.05) is 25.1 Å². The number of oxime groups is 1. The van der Waals surface area contributed by atoms with Crippen molar-refractivity contribution in [1.29, 1.82) is 0 Å². The van der Waals surface area contributed by atoms with Gasteiger partial charge in [0.2, 0.25) is 6.10 Å². The standard InChI is InChI=1S/C15H20N2O4/c1-10(9-19-2)16-15(18)14-8-13(17-21-14)11-5-4-6-12(7-11)20-3/h4-7,10,14H,8-9H2,1-3H3,(H,16,18). The van der Waals surface area contributed by atoms with Crippen LogP contribution in [-0.4, -0.2) is 44.6 Å². The molecule has 0 fully saturated rings. The smallest absolute Gasteiger partial charge is 0.264 e. The van der Waals surface area contributed by atoms with E-state index in [-0.39, 0.29) is 11.9 Å². The Morgan fingerprint density at radius 3 is 3.05 bits per heavy atom. The second kappa shape index (κ2) is 7.08. The van der Waals surface area contributed by atoms with Gasteiger partial charge in [0.15, 0.2) is 0 Å². The molecule has 1 aliphatic rings. The third-order valence-corrected chi connectivity index (χ3v) is 3.17. The average molecular weight is 292 g/mol. The van der Waals surface area contributed by atoms with Crippen molar-refractivity contribution in [2.45, 2.75) is 25.5 Å². The zero-order valence-electron chi connectivity index (χ0n) is 12.5. The van der Waals surface area contributed by atoms with Crippen molar-refractivity contribution in [3.8, 4) is 5.75 Å². The van der Waals surface area contributed by atoms with Crippen molar-refractivity contribution in [2.75, 3.05) is 20.8 Å². The van der Waals surface area contributed by atoms with Gasteiger partial charge in [-0.2, -0.15) is 0 Å². The number of hydrogen-bond acceptors (Lipinski definition) is 5. The van der Waals surface area contributed by atoms with Gasteiger partial charge in [-0.1, -0.05) is 17.3 Å². The van der Waals surface area contributed by atoms with Gasteiger partial charge in [-0.05, 0) is 19.1 Å². The van der Waals surface area contributed by atoms with Crippen molar-refractivity contribution in [2.24, 2.45) is 5.16 Å². The molecule has 0 radical (unpaired) electrons. The van der Waals surface area contributed by atoms with E-state index in [1.165, 1.54) is 0 Å². The van der Waals surface area contributed by atoms with Crippen molar-refractivity contribution < 1.29 is 19.1 Å². The predicted octanol–water partition coefficient (Wildman–Crippen LogP) is 1.34. The number of benzene rings is 1. The van der Waals surface area contributed by atoms with E-state index >= 15 is 0 Å². The number of carbonyl (C=O) groups is 1. The van der Waals surface area contributed by atoms with Gasteiger partial charge in [-0.3, -0.25) is 4.79 Å². The Labute approximate surface area is 124 Å². The summed E-state index contributed by atoms with van der Waals surface area (Å²) in [4.78, 5) is 17.3. The molecule has 6 nitrogen and oxygen atoms in total. The monoisotopic (exact) mass is 292 g/mol. The molecule has 1 amide bonds. The van der Waals surface area contributed by atoms with Crippen LogP contribution in [-0.2, 0) is 14.4 Å². The normalized spacial score (nSPS) is 18.6. The summed E-state index contributed by atoms with van der Waals surface area (Å²) in [7, 11) is 3.21. The molecule has 1 aromatic carbocycles. The van der Waals surface area contributed by atoms with E-state index in [4.69, 9.17) is 14.3 Å². The summed E-state index contributed by atoms with van der Waals surface area (Å²) in [5.41, 5.74) is 1.64. The SMILES string of the molecule is COCC(C)NC(=O)C1CC(c2cccc(OC)c2)=NO1. The third kappa shape index (κ3) is 3.95. The van der Waals surface area contributed by atoms with Crippen LogP contribution < -0.4 is 10.1 Å². The number of carbonyl (C=O) groups excluding carboxylic acids is 1. The van der Waals surface area contributed by atoms with E-state index in [1.54, 1.807) is 14.2 Å². The number of hydrogen-bond donors (Lipinski definition) is 1. The number of ether oxygens (including phenoxy) is 2. The molecule has 0 saturated carbocycles. The Kier molecular flexibility index (Phi) is 5.16. The molecule has 1 aromatic rings. The van der Waals surface area contributed by atoms with Gasteiger partial charge in [0.25, 0.3) is 5.91 Å². The highest BCUT2D eigenvalue weighted by Gasteiger charge is 2.29. The average Bonchev–Trinajstić information content (AvgIpc) is 2.97. The second-order valence-electron chi connectivity index (χ2n) is 4.93. The van der Waals surface area contributed by atoms with E-state index in [0.717, 1.165) is 17.0 Å². The van der Waals surface area contributed by atoms with Crippen LogP contribution in [0.3, 0.4) is 0 Å². The van der Waals surface area contributed by atoms with Crippen LogP contribution in [0.1, 0.15) is 18.9 Å². The molecule has 1 N–H and O–H groups in total. The van der Waals surface area contributed by atoms with E-state index in [9.17, 15) is 4.79 Å². The van der Waals surface area contributed by atoms with Crippen LogP contribution in [0.2, 0.25) is 0 Å². The van der Waals surface area contributed by atoms with E-state index in [2.05, 4.69) is 10.5 Å². The molecular formula is C15H20N2O4. The summed E-state index contributed by atoms with van der Waals surface area (Å²) in [6.07, 6.45) is -0.149. The van der Waals surface area contributed by atoms with Crippen LogP contribution in [0.5, 0.6) is 5.75 Å². The van der Waals surface area contributed by atoms with Gasteiger partial charge in [-0.15, -0.1) is 0 Å².